The fraction of sp³-hybridized carbons (Fsp3) is 0.280. The van der Waals surface area contributed by atoms with Gasteiger partial charge < -0.3 is 25.0 Å². The van der Waals surface area contributed by atoms with Gasteiger partial charge in [-0.15, -0.1) is 12.4 Å². The topological polar surface area (TPSA) is 97.3 Å². The number of aryl methyl sites for hydroxylation is 2. The molecule has 1 aromatic carbocycles. The quantitative estimate of drug-likeness (QED) is 0.436. The normalized spacial score (nSPS) is 16.5. The van der Waals surface area contributed by atoms with Gasteiger partial charge in [0.15, 0.2) is 17.4 Å². The zero-order valence-electron chi connectivity index (χ0n) is 19.5. The van der Waals surface area contributed by atoms with Gasteiger partial charge >= 0.3 is 0 Å². The Kier molecular flexibility index (Phi) is 6.27. The van der Waals surface area contributed by atoms with Gasteiger partial charge in [0, 0.05) is 37.1 Å². The van der Waals surface area contributed by atoms with Crippen LogP contribution >= 0.6 is 12.4 Å². The number of aromatic nitrogens is 4. The van der Waals surface area contributed by atoms with Crippen molar-refractivity contribution in [2.75, 3.05) is 36.5 Å². The third-order valence-electron chi connectivity index (χ3n) is 6.10. The van der Waals surface area contributed by atoms with Crippen molar-refractivity contribution < 1.29 is 9.47 Å². The molecular weight excluding hydrogens is 466 g/mol. The van der Waals surface area contributed by atoms with Gasteiger partial charge in [-0.1, -0.05) is 0 Å². The second-order valence-electron chi connectivity index (χ2n) is 8.65. The van der Waals surface area contributed by atoms with Crippen LogP contribution in [-0.2, 0) is 0 Å². The van der Waals surface area contributed by atoms with Crippen molar-refractivity contribution in [3.8, 4) is 17.2 Å². The van der Waals surface area contributed by atoms with Crippen molar-refractivity contribution in [3.05, 3.63) is 60.2 Å². The molecule has 10 heteroatoms. The first-order valence-electron chi connectivity index (χ1n) is 11.4. The summed E-state index contributed by atoms with van der Waals surface area (Å²) in [5.74, 6) is 3.75. The Morgan fingerprint density at radius 3 is 2.86 bits per heavy atom. The maximum absolute atomic E-state index is 6.05. The number of anilines is 3. The fourth-order valence-corrected chi connectivity index (χ4v) is 4.32. The molecule has 6 rings (SSSR count). The van der Waals surface area contributed by atoms with Crippen LogP contribution in [0.3, 0.4) is 0 Å². The molecule has 2 aliphatic heterocycles. The molecule has 1 fully saturated rings. The molecule has 180 valence electrons. The molecule has 4 aromatic rings. The molecule has 5 heterocycles. The van der Waals surface area contributed by atoms with Crippen LogP contribution in [0.4, 0.5) is 17.3 Å². The van der Waals surface area contributed by atoms with Crippen molar-refractivity contribution >= 4 is 40.8 Å². The van der Waals surface area contributed by atoms with E-state index in [0.717, 1.165) is 59.4 Å². The van der Waals surface area contributed by atoms with Crippen LogP contribution in [0.1, 0.15) is 11.3 Å². The predicted molar refractivity (Wildman–Crippen MR) is 138 cm³/mol. The molecule has 0 radical (unpaired) electrons. The molecule has 9 nitrogen and oxygen atoms in total. The van der Waals surface area contributed by atoms with Gasteiger partial charge in [-0.2, -0.15) is 0 Å². The van der Waals surface area contributed by atoms with E-state index in [1.165, 1.54) is 0 Å². The Morgan fingerprint density at radius 1 is 1.11 bits per heavy atom. The average molecular weight is 492 g/mol. The Balaban J connectivity index is 0.00000253. The number of nitrogens with one attached hydrogen (secondary N) is 2. The van der Waals surface area contributed by atoms with Crippen LogP contribution in [0.2, 0.25) is 0 Å². The highest BCUT2D eigenvalue weighted by Gasteiger charge is 2.28. The lowest BCUT2D eigenvalue weighted by Gasteiger charge is -2.31. The lowest BCUT2D eigenvalue weighted by atomic mass is 10.2. The second kappa shape index (κ2) is 9.52. The van der Waals surface area contributed by atoms with Crippen molar-refractivity contribution in [2.45, 2.75) is 19.9 Å². The minimum absolute atomic E-state index is 0. The Hall–Kier alpha value is -3.69. The van der Waals surface area contributed by atoms with E-state index in [9.17, 15) is 0 Å². The summed E-state index contributed by atoms with van der Waals surface area (Å²) >= 11 is 0. The van der Waals surface area contributed by atoms with Crippen molar-refractivity contribution in [2.24, 2.45) is 0 Å². The molecule has 0 unspecified atom stereocenters. The lowest BCUT2D eigenvalue weighted by molar-refractivity contribution is 0.271. The number of benzene rings is 1. The van der Waals surface area contributed by atoms with Gasteiger partial charge in [0.05, 0.1) is 17.8 Å². The largest absolute Gasteiger partial charge is 0.488 e. The standard InChI is InChI=1S/C25H25N7O2.ClH/c1-15-9-17(4-6-21(15)34-19-5-3-16(2)27-11-19)30-24-23-20(28-14-29-24)10-22-25(31-23)32-8-7-26-18(12-32)13-33-22;/h3-6,9-11,14,18,26H,7-8,12-13H2,1-2H3,(H,28,29,30);1H/t18-;/m0./s1. The Bertz CT molecular complexity index is 1370. The van der Waals surface area contributed by atoms with Gasteiger partial charge in [-0.3, -0.25) is 4.98 Å². The number of ether oxygens (including phenoxy) is 2. The molecule has 0 saturated carbocycles. The molecule has 1 saturated heterocycles. The van der Waals surface area contributed by atoms with Crippen molar-refractivity contribution in [1.82, 2.24) is 25.3 Å². The zero-order valence-corrected chi connectivity index (χ0v) is 20.3. The maximum atomic E-state index is 6.05. The number of halogens is 1. The summed E-state index contributed by atoms with van der Waals surface area (Å²) in [6.45, 7) is 7.26. The maximum Gasteiger partial charge on any atom is 0.172 e. The van der Waals surface area contributed by atoms with Crippen molar-refractivity contribution in [3.63, 3.8) is 0 Å². The summed E-state index contributed by atoms with van der Waals surface area (Å²) in [6, 6.07) is 12.0. The van der Waals surface area contributed by atoms with E-state index in [1.54, 1.807) is 12.5 Å². The number of nitrogens with zero attached hydrogens (tertiary/aromatic N) is 5. The van der Waals surface area contributed by atoms with Crippen molar-refractivity contribution in [1.29, 1.82) is 0 Å². The molecule has 1 atom stereocenters. The van der Waals surface area contributed by atoms with E-state index >= 15 is 0 Å². The molecular formula is C25H26ClN7O2. The fourth-order valence-electron chi connectivity index (χ4n) is 4.32. The number of piperazine rings is 1. The van der Waals surface area contributed by atoms with E-state index in [-0.39, 0.29) is 12.4 Å². The smallest absolute Gasteiger partial charge is 0.172 e. The Labute approximate surface area is 209 Å². The van der Waals surface area contributed by atoms with Gasteiger partial charge in [0.25, 0.3) is 0 Å². The van der Waals surface area contributed by atoms with Crippen LogP contribution in [0, 0.1) is 13.8 Å². The third-order valence-corrected chi connectivity index (χ3v) is 6.10. The number of hydrogen-bond acceptors (Lipinski definition) is 9. The number of pyridine rings is 2. The predicted octanol–water partition coefficient (Wildman–Crippen LogP) is 4.16. The number of fused-ring (bicyclic) bond motifs is 5. The summed E-state index contributed by atoms with van der Waals surface area (Å²) in [5, 5.41) is 6.90. The van der Waals surface area contributed by atoms with E-state index in [2.05, 4.69) is 30.5 Å². The Morgan fingerprint density at radius 2 is 2.03 bits per heavy atom. The van der Waals surface area contributed by atoms with Crippen LogP contribution in [-0.4, -0.2) is 52.2 Å². The molecule has 0 spiro atoms. The number of hydrogen-bond donors (Lipinski definition) is 2. The molecule has 35 heavy (non-hydrogen) atoms. The van der Waals surface area contributed by atoms with Crippen LogP contribution in [0.15, 0.2) is 48.9 Å². The summed E-state index contributed by atoms with van der Waals surface area (Å²) < 4.78 is 12.0. The second-order valence-corrected chi connectivity index (χ2v) is 8.65. The highest BCUT2D eigenvalue weighted by Crippen LogP contribution is 2.35. The molecule has 2 bridgehead atoms. The van der Waals surface area contributed by atoms with E-state index < -0.39 is 0 Å². The monoisotopic (exact) mass is 491 g/mol. The van der Waals surface area contributed by atoms with Crippen LogP contribution < -0.4 is 25.0 Å². The highest BCUT2D eigenvalue weighted by molar-refractivity contribution is 5.90. The van der Waals surface area contributed by atoms with Gasteiger partial charge in [0.1, 0.15) is 29.9 Å². The average Bonchev–Trinajstić information content (AvgIpc) is 2.96. The summed E-state index contributed by atoms with van der Waals surface area (Å²) in [7, 11) is 0. The number of rotatable bonds is 4. The third kappa shape index (κ3) is 4.65. The van der Waals surface area contributed by atoms with Gasteiger partial charge in [-0.25, -0.2) is 15.0 Å². The minimum Gasteiger partial charge on any atom is -0.488 e. The molecule has 0 amide bonds. The van der Waals surface area contributed by atoms with Crippen LogP contribution in [0.25, 0.3) is 11.0 Å². The minimum atomic E-state index is 0. The van der Waals surface area contributed by atoms with Crippen LogP contribution in [0.5, 0.6) is 17.2 Å². The summed E-state index contributed by atoms with van der Waals surface area (Å²) in [6.07, 6.45) is 3.28. The highest BCUT2D eigenvalue weighted by atomic mass is 35.5. The molecule has 2 aliphatic rings. The van der Waals surface area contributed by atoms with E-state index in [1.807, 2.05) is 50.2 Å². The van der Waals surface area contributed by atoms with Gasteiger partial charge in [0.2, 0.25) is 0 Å². The summed E-state index contributed by atoms with van der Waals surface area (Å²) in [4.78, 5) is 20.4. The first kappa shape index (κ1) is 23.1. The molecule has 3 aromatic heterocycles. The SMILES string of the molecule is Cc1ccc(Oc2ccc(Nc3ncnc4cc5c(nc34)N3CCN[C@H](CO5)C3)cc2C)cn1.Cl. The van der Waals surface area contributed by atoms with Gasteiger partial charge in [-0.05, 0) is 49.7 Å². The first-order chi connectivity index (χ1) is 16.6. The zero-order chi connectivity index (χ0) is 23.1. The van der Waals surface area contributed by atoms with E-state index in [0.29, 0.717) is 29.7 Å². The first-order valence-corrected chi connectivity index (χ1v) is 11.4. The van der Waals surface area contributed by atoms with E-state index in [4.69, 9.17) is 14.5 Å². The molecule has 2 N–H and O–H groups in total. The molecule has 0 aliphatic carbocycles. The lowest BCUT2D eigenvalue weighted by Crippen LogP contribution is -2.51. The summed E-state index contributed by atoms with van der Waals surface area (Å²) in [5.41, 5.74) is 4.29.